The van der Waals surface area contributed by atoms with Crippen LogP contribution in [0.1, 0.15) is 24.4 Å². The van der Waals surface area contributed by atoms with Crippen LogP contribution in [0.25, 0.3) is 0 Å². The zero-order valence-corrected chi connectivity index (χ0v) is 18.1. The fourth-order valence-electron chi connectivity index (χ4n) is 2.57. The second-order valence-corrected chi connectivity index (χ2v) is 7.61. The highest BCUT2D eigenvalue weighted by molar-refractivity contribution is 14.0. The van der Waals surface area contributed by atoms with Crippen molar-refractivity contribution in [2.24, 2.45) is 4.99 Å². The van der Waals surface area contributed by atoms with Gasteiger partial charge in [-0.05, 0) is 12.5 Å². The minimum atomic E-state index is 0. The molecule has 1 aliphatic heterocycles. The number of thiazole rings is 1. The molecule has 2 N–H and O–H groups in total. The number of thioether (sulfide) groups is 1. The maximum atomic E-state index is 5.71. The van der Waals surface area contributed by atoms with E-state index in [0.29, 0.717) is 0 Å². The Kier molecular flexibility index (Phi) is 8.83. The monoisotopic (exact) mass is 490 g/mol. The topological polar surface area (TPSA) is 58.5 Å². The summed E-state index contributed by atoms with van der Waals surface area (Å²) in [4.78, 5) is 8.62. The van der Waals surface area contributed by atoms with E-state index in [0.717, 1.165) is 47.8 Å². The molecule has 8 heteroatoms. The van der Waals surface area contributed by atoms with E-state index in [9.17, 15) is 0 Å². The summed E-state index contributed by atoms with van der Waals surface area (Å²) in [7, 11) is 1.81. The summed E-state index contributed by atoms with van der Waals surface area (Å²) in [5.41, 5.74) is 1.20. The molecule has 0 aliphatic carbocycles. The minimum Gasteiger partial charge on any atom is -0.493 e. The SMILES string of the molecule is CN=C(NCCCSc1nccs1)NC1CCOc2ccccc21.I. The second kappa shape index (κ2) is 10.9. The van der Waals surface area contributed by atoms with Crippen molar-refractivity contribution >= 4 is 53.0 Å². The molecule has 1 aromatic heterocycles. The molecule has 136 valence electrons. The van der Waals surface area contributed by atoms with Gasteiger partial charge in [0, 0.05) is 42.9 Å². The Balaban J connectivity index is 0.00000225. The van der Waals surface area contributed by atoms with E-state index in [2.05, 4.69) is 26.7 Å². The molecule has 1 atom stereocenters. The molecule has 25 heavy (non-hydrogen) atoms. The quantitative estimate of drug-likeness (QED) is 0.211. The van der Waals surface area contributed by atoms with E-state index in [-0.39, 0.29) is 30.0 Å². The van der Waals surface area contributed by atoms with Crippen LogP contribution in [0, 0.1) is 0 Å². The van der Waals surface area contributed by atoms with Crippen molar-refractivity contribution in [2.75, 3.05) is 26.0 Å². The molecule has 0 saturated carbocycles. The van der Waals surface area contributed by atoms with Crippen molar-refractivity contribution in [3.05, 3.63) is 41.4 Å². The Bertz CT molecular complexity index is 666. The summed E-state index contributed by atoms with van der Waals surface area (Å²) in [5, 5.41) is 8.92. The van der Waals surface area contributed by atoms with Gasteiger partial charge in [-0.2, -0.15) is 0 Å². The number of hydrogen-bond acceptors (Lipinski definition) is 5. The number of aliphatic imine (C=N–C) groups is 1. The summed E-state index contributed by atoms with van der Waals surface area (Å²) in [6.07, 6.45) is 3.86. The van der Waals surface area contributed by atoms with Crippen LogP contribution in [-0.2, 0) is 0 Å². The summed E-state index contributed by atoms with van der Waals surface area (Å²) in [6.45, 7) is 1.62. The predicted molar refractivity (Wildman–Crippen MR) is 117 cm³/mol. The van der Waals surface area contributed by atoms with E-state index in [1.165, 1.54) is 5.56 Å². The van der Waals surface area contributed by atoms with Gasteiger partial charge >= 0.3 is 0 Å². The number of benzene rings is 1. The maximum Gasteiger partial charge on any atom is 0.191 e. The molecule has 2 heterocycles. The average molecular weight is 490 g/mol. The van der Waals surface area contributed by atoms with Gasteiger partial charge in [-0.3, -0.25) is 4.99 Å². The smallest absolute Gasteiger partial charge is 0.191 e. The third-order valence-electron chi connectivity index (χ3n) is 3.74. The van der Waals surface area contributed by atoms with Gasteiger partial charge in [0.05, 0.1) is 12.6 Å². The highest BCUT2D eigenvalue weighted by Crippen LogP contribution is 2.31. The van der Waals surface area contributed by atoms with Crippen LogP contribution >= 0.6 is 47.1 Å². The molecule has 5 nitrogen and oxygen atoms in total. The first-order chi connectivity index (χ1) is 11.9. The molecule has 0 saturated heterocycles. The number of nitrogens with one attached hydrogen (secondary N) is 2. The molecule has 3 rings (SSSR count). The van der Waals surface area contributed by atoms with Crippen LogP contribution < -0.4 is 15.4 Å². The van der Waals surface area contributed by atoms with Gasteiger partial charge in [0.1, 0.15) is 10.1 Å². The fourth-order valence-corrected chi connectivity index (χ4v) is 4.22. The third-order valence-corrected chi connectivity index (χ3v) is 5.79. The summed E-state index contributed by atoms with van der Waals surface area (Å²) in [6, 6.07) is 8.44. The number of fused-ring (bicyclic) bond motifs is 1. The van der Waals surface area contributed by atoms with E-state index >= 15 is 0 Å². The zero-order valence-electron chi connectivity index (χ0n) is 14.1. The van der Waals surface area contributed by atoms with Crippen molar-refractivity contribution in [3.63, 3.8) is 0 Å². The van der Waals surface area contributed by atoms with Crippen LogP contribution in [0.4, 0.5) is 0 Å². The first kappa shape index (κ1) is 20.3. The van der Waals surface area contributed by atoms with Crippen molar-refractivity contribution in [2.45, 2.75) is 23.2 Å². The standard InChI is InChI=1S/C17H22N4OS2.HI/c1-18-16(19-8-4-11-23-17-20-9-12-24-17)21-14-7-10-22-15-6-3-2-5-13(14)15;/h2-3,5-6,9,12,14H,4,7-8,10-11H2,1H3,(H2,18,19,21);1H. The van der Waals surface area contributed by atoms with Crippen LogP contribution in [-0.4, -0.2) is 36.9 Å². The molecule has 1 aromatic carbocycles. The molecule has 0 spiro atoms. The maximum absolute atomic E-state index is 5.71. The normalized spacial score (nSPS) is 16.4. The van der Waals surface area contributed by atoms with Gasteiger partial charge in [-0.1, -0.05) is 30.0 Å². The molecule has 1 aliphatic rings. The minimum absolute atomic E-state index is 0. The van der Waals surface area contributed by atoms with E-state index in [1.54, 1.807) is 23.1 Å². The van der Waals surface area contributed by atoms with Gasteiger partial charge in [0.15, 0.2) is 5.96 Å². The number of rotatable bonds is 6. The molecule has 1 unspecified atom stereocenters. The molecule has 0 bridgehead atoms. The lowest BCUT2D eigenvalue weighted by molar-refractivity contribution is 0.261. The summed E-state index contributed by atoms with van der Waals surface area (Å²) >= 11 is 3.50. The highest BCUT2D eigenvalue weighted by Gasteiger charge is 2.21. The van der Waals surface area contributed by atoms with E-state index < -0.39 is 0 Å². The van der Waals surface area contributed by atoms with Crippen molar-refractivity contribution in [1.82, 2.24) is 15.6 Å². The van der Waals surface area contributed by atoms with Crippen LogP contribution in [0.5, 0.6) is 5.75 Å². The van der Waals surface area contributed by atoms with Gasteiger partial charge in [0.25, 0.3) is 0 Å². The van der Waals surface area contributed by atoms with Crippen LogP contribution in [0.3, 0.4) is 0 Å². The van der Waals surface area contributed by atoms with Gasteiger partial charge < -0.3 is 15.4 Å². The van der Waals surface area contributed by atoms with E-state index in [1.807, 2.05) is 36.8 Å². The second-order valence-electron chi connectivity index (χ2n) is 5.37. The number of hydrogen-bond donors (Lipinski definition) is 2. The zero-order chi connectivity index (χ0) is 16.6. The Morgan fingerprint density at radius 1 is 1.44 bits per heavy atom. The third kappa shape index (κ3) is 6.03. The number of para-hydroxylation sites is 1. The molecular weight excluding hydrogens is 467 g/mol. The average Bonchev–Trinajstić information content (AvgIpc) is 3.14. The largest absolute Gasteiger partial charge is 0.493 e. The summed E-state index contributed by atoms with van der Waals surface area (Å²) in [5.74, 6) is 2.87. The first-order valence-electron chi connectivity index (χ1n) is 8.08. The van der Waals surface area contributed by atoms with Crippen LogP contribution in [0.15, 0.2) is 45.2 Å². The Morgan fingerprint density at radius 2 is 2.32 bits per heavy atom. The number of ether oxygens (including phenoxy) is 1. The predicted octanol–water partition coefficient (Wildman–Crippen LogP) is 3.93. The molecule has 0 amide bonds. The van der Waals surface area contributed by atoms with Crippen molar-refractivity contribution in [1.29, 1.82) is 0 Å². The van der Waals surface area contributed by atoms with Gasteiger partial charge in [-0.15, -0.1) is 35.3 Å². The lowest BCUT2D eigenvalue weighted by Crippen LogP contribution is -2.41. The Labute approximate surface area is 174 Å². The number of halogens is 1. The molecule has 0 fully saturated rings. The lowest BCUT2D eigenvalue weighted by atomic mass is 10.0. The molecule has 0 radical (unpaired) electrons. The molecule has 2 aromatic rings. The first-order valence-corrected chi connectivity index (χ1v) is 9.94. The molecular formula is C17H23IN4OS2. The van der Waals surface area contributed by atoms with Crippen LogP contribution in [0.2, 0.25) is 0 Å². The fraction of sp³-hybridized carbons (Fsp3) is 0.412. The Morgan fingerprint density at radius 3 is 3.12 bits per heavy atom. The number of guanidine groups is 1. The van der Waals surface area contributed by atoms with Gasteiger partial charge in [-0.25, -0.2) is 4.98 Å². The lowest BCUT2D eigenvalue weighted by Gasteiger charge is -2.28. The number of nitrogens with zero attached hydrogens (tertiary/aromatic N) is 2. The van der Waals surface area contributed by atoms with Crippen molar-refractivity contribution in [3.8, 4) is 5.75 Å². The Hall–Kier alpha value is -1.000. The number of aromatic nitrogens is 1. The van der Waals surface area contributed by atoms with E-state index in [4.69, 9.17) is 4.74 Å². The highest BCUT2D eigenvalue weighted by atomic mass is 127. The van der Waals surface area contributed by atoms with Crippen molar-refractivity contribution < 1.29 is 4.74 Å². The van der Waals surface area contributed by atoms with Gasteiger partial charge in [0.2, 0.25) is 0 Å². The summed E-state index contributed by atoms with van der Waals surface area (Å²) < 4.78 is 6.84.